The van der Waals surface area contributed by atoms with Crippen molar-refractivity contribution in [3.8, 4) is 5.75 Å². The maximum absolute atomic E-state index is 14.7. The highest BCUT2D eigenvalue weighted by Crippen LogP contribution is 2.67. The van der Waals surface area contributed by atoms with Crippen LogP contribution in [-0.2, 0) is 14.4 Å². The molecule has 1 saturated carbocycles. The number of aliphatic hydroxyl groups excluding tert-OH is 1. The van der Waals surface area contributed by atoms with Crippen LogP contribution in [0.15, 0.2) is 49.6 Å². The molecule has 1 aliphatic carbocycles. The fourth-order valence-corrected chi connectivity index (χ4v) is 10.2. The molecule has 5 atom stereocenters. The summed E-state index contributed by atoms with van der Waals surface area (Å²) < 4.78 is 4.97. The lowest BCUT2D eigenvalue weighted by Crippen LogP contribution is -2.57. The van der Waals surface area contributed by atoms with E-state index in [2.05, 4.69) is 13.2 Å². The van der Waals surface area contributed by atoms with Crippen molar-refractivity contribution in [2.24, 2.45) is 11.8 Å². The lowest BCUT2D eigenvalue weighted by atomic mass is 9.70. The summed E-state index contributed by atoms with van der Waals surface area (Å²) >= 11 is 1.71. The standard InChI is InChI=1S/C34H47N3O5S/c1-4-20-35(25-14-16-26(17-15-25)42-6-3)31(39)28-27-18-19-34(43-27)29(28)32(40)37(22-10-11-23-38)30(34)33(41)36(21-5-2)24-12-8-7-9-13-24/h4-5,14-17,24,27-30,38H,1-2,6-13,18-23H2,3H3/t27-,28+,29+,30?,34?/m1/s1. The SMILES string of the molecule is C=CCN(C(=O)[C@@H]1[C@H]2C(=O)N(CCCCO)C(C(=O)N(CC=C)C3CCCCC3)C23CC[C@H]1S3)c1ccc(OCC)cc1. The van der Waals surface area contributed by atoms with Crippen LogP contribution >= 0.6 is 11.8 Å². The normalized spacial score (nSPS) is 28.0. The van der Waals surface area contributed by atoms with Gasteiger partial charge in [0.25, 0.3) is 0 Å². The summed E-state index contributed by atoms with van der Waals surface area (Å²) in [5, 5.41) is 9.48. The van der Waals surface area contributed by atoms with E-state index in [4.69, 9.17) is 4.74 Å². The Morgan fingerprint density at radius 3 is 2.44 bits per heavy atom. The highest BCUT2D eigenvalue weighted by Gasteiger charge is 2.74. The van der Waals surface area contributed by atoms with Crippen LogP contribution in [-0.4, -0.2) is 87.6 Å². The van der Waals surface area contributed by atoms with Crippen LogP contribution in [0.25, 0.3) is 0 Å². The van der Waals surface area contributed by atoms with E-state index in [1.807, 2.05) is 36.1 Å². The first kappa shape index (κ1) is 31.6. The highest BCUT2D eigenvalue weighted by atomic mass is 32.2. The van der Waals surface area contributed by atoms with E-state index < -0.39 is 22.6 Å². The molecule has 4 aliphatic rings. The number of carbonyl (C=O) groups excluding carboxylic acids is 3. The van der Waals surface area contributed by atoms with E-state index in [1.54, 1.807) is 33.7 Å². The van der Waals surface area contributed by atoms with Crippen molar-refractivity contribution in [1.82, 2.24) is 9.80 Å². The second-order valence-electron chi connectivity index (χ2n) is 12.3. The van der Waals surface area contributed by atoms with Gasteiger partial charge in [0.05, 0.1) is 23.2 Å². The van der Waals surface area contributed by atoms with E-state index in [0.717, 1.165) is 50.0 Å². The van der Waals surface area contributed by atoms with Gasteiger partial charge in [-0.25, -0.2) is 0 Å². The topological polar surface area (TPSA) is 90.4 Å². The van der Waals surface area contributed by atoms with Gasteiger partial charge in [-0.05, 0) is 69.7 Å². The second kappa shape index (κ2) is 13.9. The number of amides is 3. The largest absolute Gasteiger partial charge is 0.494 e. The molecule has 2 unspecified atom stereocenters. The van der Waals surface area contributed by atoms with Crippen LogP contribution in [0.5, 0.6) is 5.75 Å². The number of hydrogen-bond donors (Lipinski definition) is 1. The summed E-state index contributed by atoms with van der Waals surface area (Å²) in [6.45, 7) is 11.6. The van der Waals surface area contributed by atoms with Crippen LogP contribution < -0.4 is 9.64 Å². The Bertz CT molecular complexity index is 1180. The third kappa shape index (κ3) is 5.87. The minimum Gasteiger partial charge on any atom is -0.494 e. The van der Waals surface area contributed by atoms with Gasteiger partial charge in [-0.2, -0.15) is 0 Å². The van der Waals surface area contributed by atoms with Gasteiger partial charge in [0.2, 0.25) is 17.7 Å². The summed E-state index contributed by atoms with van der Waals surface area (Å²) in [7, 11) is 0. The predicted octanol–water partition coefficient (Wildman–Crippen LogP) is 4.82. The molecule has 1 N–H and O–H groups in total. The minimum absolute atomic E-state index is 0.00218. The average molecular weight is 610 g/mol. The summed E-state index contributed by atoms with van der Waals surface area (Å²) in [6, 6.07) is 7.01. The first-order chi connectivity index (χ1) is 20.9. The average Bonchev–Trinajstić information content (AvgIpc) is 3.67. The molecular formula is C34H47N3O5S. The Kier molecular flexibility index (Phi) is 10.2. The van der Waals surface area contributed by atoms with Gasteiger partial charge >= 0.3 is 0 Å². The van der Waals surface area contributed by atoms with Gasteiger partial charge < -0.3 is 24.5 Å². The molecule has 4 fully saturated rings. The maximum Gasteiger partial charge on any atom is 0.247 e. The van der Waals surface area contributed by atoms with Gasteiger partial charge in [0.1, 0.15) is 11.8 Å². The number of likely N-dealkylation sites (tertiary alicyclic amines) is 1. The quantitative estimate of drug-likeness (QED) is 0.241. The third-order valence-corrected chi connectivity index (χ3v) is 11.7. The lowest BCUT2D eigenvalue weighted by molar-refractivity contribution is -0.144. The zero-order chi connectivity index (χ0) is 30.6. The van der Waals surface area contributed by atoms with Crippen molar-refractivity contribution in [1.29, 1.82) is 0 Å². The summed E-state index contributed by atoms with van der Waals surface area (Å²) in [4.78, 5) is 49.1. The number of rotatable bonds is 14. The van der Waals surface area contributed by atoms with Crippen molar-refractivity contribution in [3.63, 3.8) is 0 Å². The number of carbonyl (C=O) groups is 3. The maximum atomic E-state index is 14.7. The molecule has 8 nitrogen and oxygen atoms in total. The van der Waals surface area contributed by atoms with E-state index >= 15 is 0 Å². The molecule has 43 heavy (non-hydrogen) atoms. The number of ether oxygens (including phenoxy) is 1. The third-order valence-electron chi connectivity index (χ3n) is 9.79. The van der Waals surface area contributed by atoms with Gasteiger partial charge in [-0.15, -0.1) is 24.9 Å². The number of fused-ring (bicyclic) bond motifs is 1. The Balaban J connectivity index is 1.49. The van der Waals surface area contributed by atoms with Crippen molar-refractivity contribution >= 4 is 35.2 Å². The number of hydrogen-bond acceptors (Lipinski definition) is 6. The molecule has 5 rings (SSSR count). The predicted molar refractivity (Wildman–Crippen MR) is 171 cm³/mol. The van der Waals surface area contributed by atoms with Crippen LogP contribution in [0.4, 0.5) is 5.69 Å². The van der Waals surface area contributed by atoms with Gasteiger partial charge in [0, 0.05) is 43.2 Å². The molecular weight excluding hydrogens is 562 g/mol. The van der Waals surface area contributed by atoms with Crippen molar-refractivity contribution < 1.29 is 24.2 Å². The van der Waals surface area contributed by atoms with Crippen LogP contribution in [0.1, 0.15) is 64.7 Å². The molecule has 9 heteroatoms. The Hall–Kier alpha value is -2.78. The molecule has 1 aromatic rings. The Labute approximate surface area is 260 Å². The van der Waals surface area contributed by atoms with Gasteiger partial charge in [-0.3, -0.25) is 14.4 Å². The van der Waals surface area contributed by atoms with E-state index in [1.165, 1.54) is 6.42 Å². The fourth-order valence-electron chi connectivity index (χ4n) is 7.98. The molecule has 1 spiro atoms. The molecule has 3 heterocycles. The molecule has 3 aliphatic heterocycles. The first-order valence-corrected chi connectivity index (χ1v) is 17.0. The van der Waals surface area contributed by atoms with Gasteiger partial charge in [-0.1, -0.05) is 31.4 Å². The number of thioether (sulfide) groups is 1. The molecule has 234 valence electrons. The molecule has 0 aromatic heterocycles. The van der Waals surface area contributed by atoms with Crippen molar-refractivity contribution in [2.45, 2.75) is 86.8 Å². The van der Waals surface area contributed by atoms with Crippen LogP contribution in [0.2, 0.25) is 0 Å². The molecule has 3 amide bonds. The number of aliphatic hydroxyl groups is 1. The minimum atomic E-state index is -0.634. The van der Waals surface area contributed by atoms with E-state index in [-0.39, 0.29) is 35.6 Å². The number of benzene rings is 1. The zero-order valence-electron chi connectivity index (χ0n) is 25.5. The fraction of sp³-hybridized carbons (Fsp3) is 0.618. The Morgan fingerprint density at radius 1 is 1.07 bits per heavy atom. The lowest BCUT2D eigenvalue weighted by Gasteiger charge is -2.41. The summed E-state index contributed by atoms with van der Waals surface area (Å²) in [6.07, 6.45) is 11.5. The van der Waals surface area contributed by atoms with Crippen LogP contribution in [0, 0.1) is 11.8 Å². The highest BCUT2D eigenvalue weighted by molar-refractivity contribution is 8.02. The zero-order valence-corrected chi connectivity index (χ0v) is 26.3. The van der Waals surface area contributed by atoms with E-state index in [0.29, 0.717) is 39.1 Å². The smallest absolute Gasteiger partial charge is 0.247 e. The number of anilines is 1. The second-order valence-corrected chi connectivity index (χ2v) is 13.9. The monoisotopic (exact) mass is 609 g/mol. The Morgan fingerprint density at radius 2 is 1.79 bits per heavy atom. The van der Waals surface area contributed by atoms with Crippen molar-refractivity contribution in [3.05, 3.63) is 49.6 Å². The van der Waals surface area contributed by atoms with Crippen LogP contribution in [0.3, 0.4) is 0 Å². The van der Waals surface area contributed by atoms with Gasteiger partial charge in [0.15, 0.2) is 0 Å². The molecule has 3 saturated heterocycles. The molecule has 2 bridgehead atoms. The van der Waals surface area contributed by atoms with E-state index in [9.17, 15) is 19.5 Å². The first-order valence-electron chi connectivity index (χ1n) is 16.1. The summed E-state index contributed by atoms with van der Waals surface area (Å²) in [5.41, 5.74) is 0.738. The number of unbranched alkanes of at least 4 members (excludes halogenated alkanes) is 1. The molecule has 0 radical (unpaired) electrons. The summed E-state index contributed by atoms with van der Waals surface area (Å²) in [5.74, 6) is -0.504. The number of nitrogens with zero attached hydrogens (tertiary/aromatic N) is 3. The van der Waals surface area contributed by atoms with Crippen molar-refractivity contribution in [2.75, 3.05) is 37.7 Å². The molecule has 1 aromatic carbocycles.